The lowest BCUT2D eigenvalue weighted by Crippen LogP contribution is -2.42. The predicted octanol–water partition coefficient (Wildman–Crippen LogP) is 3.45. The molecular weight excluding hydrogens is 255 g/mol. The highest BCUT2D eigenvalue weighted by molar-refractivity contribution is 5.95. The summed E-state index contributed by atoms with van der Waals surface area (Å²) in [7, 11) is 0. The minimum atomic E-state index is -0.476. The van der Waals surface area contributed by atoms with Crippen molar-refractivity contribution in [3.63, 3.8) is 0 Å². The molecule has 0 aliphatic carbocycles. The summed E-state index contributed by atoms with van der Waals surface area (Å²) in [6.45, 7) is 6.00. The molecule has 1 heterocycles. The van der Waals surface area contributed by atoms with E-state index in [9.17, 15) is 9.18 Å². The van der Waals surface area contributed by atoms with Crippen molar-refractivity contribution in [1.82, 2.24) is 4.90 Å². The normalized spacial score (nSPS) is 18.1. The van der Waals surface area contributed by atoms with Crippen LogP contribution in [0.25, 0.3) is 0 Å². The molecule has 2 N–H and O–H groups in total. The smallest absolute Gasteiger partial charge is 0.253 e. The van der Waals surface area contributed by atoms with Crippen molar-refractivity contribution in [3.05, 3.63) is 29.6 Å². The van der Waals surface area contributed by atoms with Crippen molar-refractivity contribution in [1.29, 1.82) is 0 Å². The Morgan fingerprint density at radius 1 is 1.30 bits per heavy atom. The van der Waals surface area contributed by atoms with Gasteiger partial charge in [-0.25, -0.2) is 4.39 Å². The molecule has 1 fully saturated rings. The van der Waals surface area contributed by atoms with Gasteiger partial charge in [0.25, 0.3) is 5.91 Å². The van der Waals surface area contributed by atoms with Crippen LogP contribution in [0, 0.1) is 11.2 Å². The lowest BCUT2D eigenvalue weighted by Gasteiger charge is -2.41. The molecule has 3 nitrogen and oxygen atoms in total. The summed E-state index contributed by atoms with van der Waals surface area (Å²) in [6, 6.07) is 4.20. The molecule has 0 saturated carbocycles. The third kappa shape index (κ3) is 2.79. The molecule has 1 aromatic carbocycles. The maximum atomic E-state index is 13.1. The molecule has 1 aliphatic rings. The number of hydrogen-bond donors (Lipinski definition) is 1. The number of nitrogens with two attached hydrogens (primary N) is 1. The molecule has 1 aliphatic heterocycles. The summed E-state index contributed by atoms with van der Waals surface area (Å²) in [4.78, 5) is 14.3. The topological polar surface area (TPSA) is 46.3 Å². The van der Waals surface area contributed by atoms with E-state index in [1.165, 1.54) is 18.2 Å². The van der Waals surface area contributed by atoms with Crippen LogP contribution in [0.4, 0.5) is 10.1 Å². The summed E-state index contributed by atoms with van der Waals surface area (Å²) in [5, 5.41) is 0. The number of nitrogens with zero attached hydrogens (tertiary/aromatic N) is 1. The zero-order valence-corrected chi connectivity index (χ0v) is 12.3. The second kappa shape index (κ2) is 5.81. The van der Waals surface area contributed by atoms with Gasteiger partial charge in [-0.05, 0) is 36.5 Å². The van der Waals surface area contributed by atoms with Crippen LogP contribution in [0.2, 0.25) is 0 Å². The van der Waals surface area contributed by atoms with E-state index in [0.29, 0.717) is 11.0 Å². The minimum absolute atomic E-state index is 0.0318. The fraction of sp³-hybridized carbons (Fsp3) is 0.562. The van der Waals surface area contributed by atoms with Crippen molar-refractivity contribution in [2.24, 2.45) is 5.41 Å². The summed E-state index contributed by atoms with van der Waals surface area (Å²) in [6.07, 6.45) is 4.41. The van der Waals surface area contributed by atoms with Crippen LogP contribution in [0.15, 0.2) is 18.2 Å². The Hall–Kier alpha value is -1.58. The number of likely N-dealkylation sites (tertiary alicyclic amines) is 1. The number of halogens is 1. The van der Waals surface area contributed by atoms with Crippen LogP contribution in [0.5, 0.6) is 0 Å². The first kappa shape index (κ1) is 14.8. The summed E-state index contributed by atoms with van der Waals surface area (Å²) in [5.74, 6) is -0.520. The molecule has 4 heteroatoms. The minimum Gasteiger partial charge on any atom is -0.396 e. The maximum absolute atomic E-state index is 13.1. The molecule has 0 spiro atoms. The van der Waals surface area contributed by atoms with E-state index < -0.39 is 5.82 Å². The first-order valence-corrected chi connectivity index (χ1v) is 7.35. The van der Waals surface area contributed by atoms with Crippen LogP contribution in [-0.2, 0) is 0 Å². The second-order valence-electron chi connectivity index (χ2n) is 5.74. The lowest BCUT2D eigenvalue weighted by molar-refractivity contribution is 0.0558. The highest BCUT2D eigenvalue weighted by Gasteiger charge is 2.33. The van der Waals surface area contributed by atoms with Crippen LogP contribution < -0.4 is 5.73 Å². The number of nitrogen functional groups attached to an aromatic ring is 1. The van der Waals surface area contributed by atoms with Crippen molar-refractivity contribution >= 4 is 11.6 Å². The van der Waals surface area contributed by atoms with Crippen LogP contribution in [0.3, 0.4) is 0 Å². The molecule has 1 amide bonds. The van der Waals surface area contributed by atoms with E-state index in [-0.39, 0.29) is 11.6 Å². The van der Waals surface area contributed by atoms with Gasteiger partial charge in [-0.1, -0.05) is 26.7 Å². The van der Waals surface area contributed by atoms with Crippen molar-refractivity contribution in [2.45, 2.75) is 39.5 Å². The molecule has 0 radical (unpaired) electrons. The van der Waals surface area contributed by atoms with Gasteiger partial charge in [0.05, 0.1) is 5.69 Å². The van der Waals surface area contributed by atoms with E-state index >= 15 is 0 Å². The Bertz CT molecular complexity index is 487. The third-order valence-corrected chi connectivity index (χ3v) is 4.85. The highest BCUT2D eigenvalue weighted by Crippen LogP contribution is 2.38. The molecule has 20 heavy (non-hydrogen) atoms. The number of piperidine rings is 1. The van der Waals surface area contributed by atoms with Gasteiger partial charge >= 0.3 is 0 Å². The Kier molecular flexibility index (Phi) is 4.31. The Balaban J connectivity index is 2.06. The number of amides is 1. The fourth-order valence-electron chi connectivity index (χ4n) is 3.00. The number of anilines is 1. The second-order valence-corrected chi connectivity index (χ2v) is 5.74. The van der Waals surface area contributed by atoms with Gasteiger partial charge in [0, 0.05) is 18.7 Å². The van der Waals surface area contributed by atoms with Gasteiger partial charge in [-0.3, -0.25) is 4.79 Å². The van der Waals surface area contributed by atoms with Gasteiger partial charge < -0.3 is 10.6 Å². The van der Waals surface area contributed by atoms with E-state index in [0.717, 1.165) is 38.8 Å². The van der Waals surface area contributed by atoms with Crippen LogP contribution in [0.1, 0.15) is 49.9 Å². The lowest BCUT2D eigenvalue weighted by atomic mass is 9.74. The van der Waals surface area contributed by atoms with Crippen molar-refractivity contribution < 1.29 is 9.18 Å². The predicted molar refractivity (Wildman–Crippen MR) is 79.0 cm³/mol. The van der Waals surface area contributed by atoms with Crippen LogP contribution in [-0.4, -0.2) is 23.9 Å². The molecule has 2 rings (SSSR count). The van der Waals surface area contributed by atoms with E-state index in [4.69, 9.17) is 5.73 Å². The van der Waals surface area contributed by atoms with E-state index in [1.54, 1.807) is 0 Å². The third-order valence-electron chi connectivity index (χ3n) is 4.85. The SMILES string of the molecule is CCC1(CC)CCN(C(=O)c2ccc(F)c(N)c2)CC1. The zero-order chi connectivity index (χ0) is 14.8. The average molecular weight is 278 g/mol. The summed E-state index contributed by atoms with van der Waals surface area (Å²) >= 11 is 0. The summed E-state index contributed by atoms with van der Waals surface area (Å²) in [5.41, 5.74) is 6.42. The van der Waals surface area contributed by atoms with Gasteiger partial charge in [0.15, 0.2) is 0 Å². The summed E-state index contributed by atoms with van der Waals surface area (Å²) < 4.78 is 13.1. The average Bonchev–Trinajstić information content (AvgIpc) is 2.49. The van der Waals surface area contributed by atoms with Crippen molar-refractivity contribution in [3.8, 4) is 0 Å². The molecule has 110 valence electrons. The van der Waals surface area contributed by atoms with Gasteiger partial charge in [-0.15, -0.1) is 0 Å². The highest BCUT2D eigenvalue weighted by atomic mass is 19.1. The van der Waals surface area contributed by atoms with Gasteiger partial charge in [-0.2, -0.15) is 0 Å². The molecular formula is C16H23FN2O. The first-order chi connectivity index (χ1) is 9.51. The number of benzene rings is 1. The largest absolute Gasteiger partial charge is 0.396 e. The number of carbonyl (C=O) groups excluding carboxylic acids is 1. The molecule has 1 saturated heterocycles. The quantitative estimate of drug-likeness (QED) is 0.861. The Labute approximate surface area is 120 Å². The zero-order valence-electron chi connectivity index (χ0n) is 12.3. The van der Waals surface area contributed by atoms with Crippen LogP contribution >= 0.6 is 0 Å². The fourth-order valence-corrected chi connectivity index (χ4v) is 3.00. The monoisotopic (exact) mass is 278 g/mol. The van der Waals surface area contributed by atoms with Gasteiger partial charge in [0.1, 0.15) is 5.82 Å². The Morgan fingerprint density at radius 3 is 2.40 bits per heavy atom. The molecule has 1 aromatic rings. The van der Waals surface area contributed by atoms with E-state index in [1.807, 2.05) is 4.90 Å². The molecule has 0 bridgehead atoms. The Morgan fingerprint density at radius 2 is 1.90 bits per heavy atom. The number of carbonyl (C=O) groups is 1. The van der Waals surface area contributed by atoms with Gasteiger partial charge in [0.2, 0.25) is 0 Å². The maximum Gasteiger partial charge on any atom is 0.253 e. The number of rotatable bonds is 3. The molecule has 0 atom stereocenters. The standard InChI is InChI=1S/C16H23FN2O/c1-3-16(4-2)7-9-19(10-8-16)15(20)12-5-6-13(17)14(18)11-12/h5-6,11H,3-4,7-10,18H2,1-2H3. The number of hydrogen-bond acceptors (Lipinski definition) is 2. The molecule has 0 unspecified atom stereocenters. The van der Waals surface area contributed by atoms with Crippen molar-refractivity contribution in [2.75, 3.05) is 18.8 Å². The van der Waals surface area contributed by atoms with E-state index in [2.05, 4.69) is 13.8 Å². The first-order valence-electron chi connectivity index (χ1n) is 7.35. The molecule has 0 aromatic heterocycles.